The van der Waals surface area contributed by atoms with E-state index in [0.717, 1.165) is 3.57 Å². The molecular formula is C15H10FIO2. The Balaban J connectivity index is 2.00. The Morgan fingerprint density at radius 3 is 2.37 bits per heavy atom. The third kappa shape index (κ3) is 2.19. The first-order chi connectivity index (χ1) is 9.13. The highest BCUT2D eigenvalue weighted by atomic mass is 127. The maximum atomic E-state index is 13.8. The van der Waals surface area contributed by atoms with Crippen molar-refractivity contribution in [3.05, 3.63) is 69.0 Å². The molecule has 96 valence electrons. The van der Waals surface area contributed by atoms with Crippen molar-refractivity contribution >= 4 is 28.4 Å². The summed E-state index contributed by atoms with van der Waals surface area (Å²) in [5.41, 5.74) is -0.266. The van der Waals surface area contributed by atoms with Crippen LogP contribution in [0.4, 0.5) is 4.39 Å². The molecule has 0 saturated carbocycles. The van der Waals surface area contributed by atoms with Gasteiger partial charge < -0.3 is 4.74 Å². The van der Waals surface area contributed by atoms with Gasteiger partial charge in [0.1, 0.15) is 5.82 Å². The quantitative estimate of drug-likeness (QED) is 0.471. The van der Waals surface area contributed by atoms with E-state index in [2.05, 4.69) is 22.6 Å². The largest absolute Gasteiger partial charge is 0.356 e. The number of rotatable bonds is 3. The molecule has 0 N–H and O–H groups in total. The minimum Gasteiger partial charge on any atom is -0.356 e. The van der Waals surface area contributed by atoms with Gasteiger partial charge in [-0.1, -0.05) is 30.3 Å². The molecule has 4 heteroatoms. The van der Waals surface area contributed by atoms with Gasteiger partial charge in [0.15, 0.2) is 5.60 Å². The molecule has 0 radical (unpaired) electrons. The molecule has 0 amide bonds. The van der Waals surface area contributed by atoms with Gasteiger partial charge in [0, 0.05) is 14.7 Å². The normalized spacial score (nSPS) is 21.2. The first kappa shape index (κ1) is 12.7. The van der Waals surface area contributed by atoms with E-state index in [1.807, 2.05) is 12.1 Å². The summed E-state index contributed by atoms with van der Waals surface area (Å²) >= 11 is 2.17. The number of Topliss-reactive ketones (excluding diaryl/α,β-unsaturated/α-hetero) is 1. The number of hydrogen-bond acceptors (Lipinski definition) is 2. The zero-order valence-electron chi connectivity index (χ0n) is 9.90. The smallest absolute Gasteiger partial charge is 0.201 e. The van der Waals surface area contributed by atoms with Crippen LogP contribution in [0.2, 0.25) is 0 Å². The fourth-order valence-corrected chi connectivity index (χ4v) is 2.46. The molecule has 2 nitrogen and oxygen atoms in total. The zero-order chi connectivity index (χ0) is 13.5. The van der Waals surface area contributed by atoms with Gasteiger partial charge >= 0.3 is 0 Å². The molecule has 1 aliphatic heterocycles. The lowest BCUT2D eigenvalue weighted by Crippen LogP contribution is -2.23. The molecule has 1 fully saturated rings. The molecule has 1 saturated heterocycles. The molecule has 1 unspecified atom stereocenters. The number of ketones is 1. The zero-order valence-corrected chi connectivity index (χ0v) is 12.1. The third-order valence-corrected chi connectivity index (χ3v) is 3.93. The van der Waals surface area contributed by atoms with Gasteiger partial charge in [-0.2, -0.15) is 0 Å². The van der Waals surface area contributed by atoms with Crippen LogP contribution in [0.25, 0.3) is 0 Å². The van der Waals surface area contributed by atoms with Crippen LogP contribution in [0.5, 0.6) is 0 Å². The Bertz CT molecular complexity index is 633. The third-order valence-electron chi connectivity index (χ3n) is 3.22. The second-order valence-electron chi connectivity index (χ2n) is 4.43. The molecule has 0 bridgehead atoms. The fourth-order valence-electron chi connectivity index (χ4n) is 2.10. The van der Waals surface area contributed by atoms with Gasteiger partial charge in [-0.3, -0.25) is 4.79 Å². The topological polar surface area (TPSA) is 29.6 Å². The molecule has 0 spiro atoms. The average molecular weight is 368 g/mol. The Kier molecular flexibility index (Phi) is 3.14. The Hall–Kier alpha value is -1.27. The molecule has 1 heterocycles. The first-order valence-corrected chi connectivity index (χ1v) is 6.91. The van der Waals surface area contributed by atoms with Gasteiger partial charge in [0.2, 0.25) is 5.78 Å². The minimum absolute atomic E-state index is 0.186. The highest BCUT2D eigenvalue weighted by Gasteiger charge is 2.55. The fraction of sp³-hybridized carbons (Fsp3) is 0.133. The maximum absolute atomic E-state index is 13.8. The number of epoxide rings is 1. The summed E-state index contributed by atoms with van der Waals surface area (Å²) in [6.07, 6.45) is 0. The van der Waals surface area contributed by atoms with Crippen LogP contribution in [-0.2, 0) is 10.3 Å². The summed E-state index contributed by atoms with van der Waals surface area (Å²) < 4.78 is 20.2. The molecule has 0 aromatic heterocycles. The van der Waals surface area contributed by atoms with Crippen LogP contribution < -0.4 is 0 Å². The summed E-state index contributed by atoms with van der Waals surface area (Å²) in [4.78, 5) is 12.5. The highest BCUT2D eigenvalue weighted by Crippen LogP contribution is 2.42. The van der Waals surface area contributed by atoms with Crippen molar-refractivity contribution in [2.24, 2.45) is 0 Å². The predicted octanol–water partition coefficient (Wildman–Crippen LogP) is 3.54. The van der Waals surface area contributed by atoms with E-state index in [-0.39, 0.29) is 12.4 Å². The second-order valence-corrected chi connectivity index (χ2v) is 5.68. The molecule has 2 aromatic rings. The monoisotopic (exact) mass is 368 g/mol. The number of halogens is 2. The van der Waals surface area contributed by atoms with Crippen molar-refractivity contribution in [1.29, 1.82) is 0 Å². The van der Waals surface area contributed by atoms with Gasteiger partial charge in [0.25, 0.3) is 0 Å². The molecule has 0 aliphatic carbocycles. The summed E-state index contributed by atoms with van der Waals surface area (Å²) in [6.45, 7) is 0.235. The van der Waals surface area contributed by atoms with Crippen molar-refractivity contribution < 1.29 is 13.9 Å². The summed E-state index contributed by atoms with van der Waals surface area (Å²) in [6, 6.07) is 13.5. The van der Waals surface area contributed by atoms with E-state index in [1.165, 1.54) is 6.07 Å². The van der Waals surface area contributed by atoms with Gasteiger partial charge in [-0.25, -0.2) is 4.39 Å². The molecule has 2 aromatic carbocycles. The van der Waals surface area contributed by atoms with Crippen molar-refractivity contribution in [1.82, 2.24) is 0 Å². The van der Waals surface area contributed by atoms with Crippen LogP contribution in [-0.4, -0.2) is 12.4 Å². The molecule has 19 heavy (non-hydrogen) atoms. The molecule has 1 atom stereocenters. The van der Waals surface area contributed by atoms with Gasteiger partial charge in [0.05, 0.1) is 6.61 Å². The molecule has 3 rings (SSSR count). The number of benzene rings is 2. The highest BCUT2D eigenvalue weighted by molar-refractivity contribution is 14.1. The van der Waals surface area contributed by atoms with E-state index < -0.39 is 11.4 Å². The van der Waals surface area contributed by atoms with Crippen LogP contribution in [0.1, 0.15) is 15.9 Å². The van der Waals surface area contributed by atoms with E-state index in [1.54, 1.807) is 30.3 Å². The summed E-state index contributed by atoms with van der Waals surface area (Å²) in [5.74, 6) is -0.590. The van der Waals surface area contributed by atoms with Crippen molar-refractivity contribution in [3.63, 3.8) is 0 Å². The van der Waals surface area contributed by atoms with Crippen LogP contribution in [0.3, 0.4) is 0 Å². The number of carbonyl (C=O) groups excluding carboxylic acids is 1. The van der Waals surface area contributed by atoms with Gasteiger partial charge in [-0.05, 0) is 40.8 Å². The predicted molar refractivity (Wildman–Crippen MR) is 77.5 cm³/mol. The Morgan fingerprint density at radius 1 is 1.16 bits per heavy atom. The average Bonchev–Trinajstić information content (AvgIpc) is 3.21. The van der Waals surface area contributed by atoms with Crippen LogP contribution in [0.15, 0.2) is 48.5 Å². The van der Waals surface area contributed by atoms with E-state index in [0.29, 0.717) is 11.1 Å². The van der Waals surface area contributed by atoms with E-state index in [4.69, 9.17) is 4.74 Å². The number of carbonyl (C=O) groups is 1. The summed E-state index contributed by atoms with van der Waals surface area (Å²) in [5, 5.41) is 0. The first-order valence-electron chi connectivity index (χ1n) is 5.83. The van der Waals surface area contributed by atoms with E-state index >= 15 is 0 Å². The molecular weight excluding hydrogens is 358 g/mol. The van der Waals surface area contributed by atoms with Gasteiger partial charge in [-0.15, -0.1) is 0 Å². The lowest BCUT2D eigenvalue weighted by molar-refractivity contribution is 0.0867. The standard InChI is InChI=1S/C15H10FIO2/c16-13-4-2-1-3-12(13)15(9-19-15)14(18)10-5-7-11(17)8-6-10/h1-8H,9H2. The molecule has 1 aliphatic rings. The second kappa shape index (κ2) is 4.68. The lowest BCUT2D eigenvalue weighted by Gasteiger charge is -2.12. The Morgan fingerprint density at radius 2 is 1.79 bits per heavy atom. The number of hydrogen-bond donors (Lipinski definition) is 0. The van der Waals surface area contributed by atoms with Crippen molar-refractivity contribution in [3.8, 4) is 0 Å². The van der Waals surface area contributed by atoms with Crippen LogP contribution >= 0.6 is 22.6 Å². The number of ether oxygens (including phenoxy) is 1. The lowest BCUT2D eigenvalue weighted by atomic mass is 9.91. The SMILES string of the molecule is O=C(c1ccc(I)cc1)C1(c2ccccc2F)CO1. The van der Waals surface area contributed by atoms with Crippen molar-refractivity contribution in [2.75, 3.05) is 6.61 Å². The van der Waals surface area contributed by atoms with E-state index in [9.17, 15) is 9.18 Å². The van der Waals surface area contributed by atoms with Crippen LogP contribution in [0, 0.1) is 9.39 Å². The summed E-state index contributed by atoms with van der Waals surface area (Å²) in [7, 11) is 0. The maximum Gasteiger partial charge on any atom is 0.201 e. The Labute approximate surface area is 123 Å². The van der Waals surface area contributed by atoms with Crippen molar-refractivity contribution in [2.45, 2.75) is 5.60 Å². The minimum atomic E-state index is -1.13.